The van der Waals surface area contributed by atoms with Crippen molar-refractivity contribution in [3.63, 3.8) is 0 Å². The molecule has 0 fully saturated rings. The summed E-state index contributed by atoms with van der Waals surface area (Å²) in [6.07, 6.45) is 1.20. The molecule has 0 aromatic carbocycles. The summed E-state index contributed by atoms with van der Waals surface area (Å²) < 4.78 is 5.01. The second kappa shape index (κ2) is 4.95. The molecule has 0 aliphatic carbocycles. The minimum atomic E-state index is -0.985. The summed E-state index contributed by atoms with van der Waals surface area (Å²) in [5.74, 6) is -0.586. The maximum Gasteiger partial charge on any atom is 0.305 e. The number of methoxy groups -OCH3 is 1. The predicted octanol–water partition coefficient (Wildman–Crippen LogP) is 1.22. The van der Waals surface area contributed by atoms with Gasteiger partial charge in [-0.1, -0.05) is 11.6 Å². The van der Waals surface area contributed by atoms with Gasteiger partial charge < -0.3 is 15.6 Å². The lowest BCUT2D eigenvalue weighted by molar-refractivity contribution is -0.137. The molecular formula is C9H11ClN2O3. The van der Waals surface area contributed by atoms with Crippen molar-refractivity contribution >= 4 is 17.6 Å². The Morgan fingerprint density at radius 3 is 3.00 bits per heavy atom. The summed E-state index contributed by atoms with van der Waals surface area (Å²) in [5.41, 5.74) is 6.05. The lowest BCUT2D eigenvalue weighted by Crippen LogP contribution is -2.17. The highest BCUT2D eigenvalue weighted by atomic mass is 35.5. The van der Waals surface area contributed by atoms with Crippen LogP contribution in [0, 0.1) is 0 Å². The zero-order chi connectivity index (χ0) is 11.4. The Kier molecular flexibility index (Phi) is 3.88. The molecule has 1 aromatic heterocycles. The number of carbonyl (C=O) groups is 1. The number of hydrogen-bond acceptors (Lipinski definition) is 4. The molecule has 6 heteroatoms. The molecule has 0 amide bonds. The van der Waals surface area contributed by atoms with E-state index in [9.17, 15) is 4.79 Å². The second-order valence-electron chi connectivity index (χ2n) is 2.95. The number of pyridine rings is 1. The standard InChI is InChI=1S/C9H11ClN2O3/c1-15-7-2-5(10)4-12-9(7)6(11)3-8(13)14/h2,4,6H,3,11H2,1H3,(H,13,14). The molecule has 0 saturated heterocycles. The number of rotatable bonds is 4. The largest absolute Gasteiger partial charge is 0.495 e. The lowest BCUT2D eigenvalue weighted by atomic mass is 10.1. The molecule has 1 atom stereocenters. The first-order valence-electron chi connectivity index (χ1n) is 4.21. The fourth-order valence-electron chi connectivity index (χ4n) is 1.16. The van der Waals surface area contributed by atoms with E-state index in [4.69, 9.17) is 27.2 Å². The van der Waals surface area contributed by atoms with Gasteiger partial charge >= 0.3 is 5.97 Å². The Morgan fingerprint density at radius 1 is 1.80 bits per heavy atom. The number of carboxylic acids is 1. The van der Waals surface area contributed by atoms with Gasteiger partial charge in [-0.25, -0.2) is 0 Å². The van der Waals surface area contributed by atoms with Crippen LogP contribution in [0.1, 0.15) is 18.2 Å². The minimum Gasteiger partial charge on any atom is -0.495 e. The fourth-order valence-corrected chi connectivity index (χ4v) is 1.31. The lowest BCUT2D eigenvalue weighted by Gasteiger charge is -2.12. The van der Waals surface area contributed by atoms with Crippen molar-refractivity contribution in [2.45, 2.75) is 12.5 Å². The SMILES string of the molecule is COc1cc(Cl)cnc1C(N)CC(=O)O. The maximum absolute atomic E-state index is 10.5. The third-order valence-corrected chi connectivity index (χ3v) is 2.02. The van der Waals surface area contributed by atoms with E-state index in [1.54, 1.807) is 6.07 Å². The van der Waals surface area contributed by atoms with E-state index in [1.807, 2.05) is 0 Å². The van der Waals surface area contributed by atoms with Gasteiger partial charge in [-0.3, -0.25) is 9.78 Å². The van der Waals surface area contributed by atoms with Crippen LogP contribution in [0.4, 0.5) is 0 Å². The summed E-state index contributed by atoms with van der Waals surface area (Å²) in [4.78, 5) is 14.4. The van der Waals surface area contributed by atoms with Crippen LogP contribution >= 0.6 is 11.6 Å². The van der Waals surface area contributed by atoms with E-state index < -0.39 is 12.0 Å². The number of ether oxygens (including phenoxy) is 1. The van der Waals surface area contributed by atoms with Gasteiger partial charge in [0, 0.05) is 12.3 Å². The van der Waals surface area contributed by atoms with Crippen molar-refractivity contribution < 1.29 is 14.6 Å². The third-order valence-electron chi connectivity index (χ3n) is 1.81. The second-order valence-corrected chi connectivity index (χ2v) is 3.38. The zero-order valence-corrected chi connectivity index (χ0v) is 8.86. The third kappa shape index (κ3) is 3.07. The van der Waals surface area contributed by atoms with Crippen LogP contribution in [0.5, 0.6) is 5.75 Å². The van der Waals surface area contributed by atoms with Crippen LogP contribution in [-0.4, -0.2) is 23.2 Å². The predicted molar refractivity (Wildman–Crippen MR) is 55.0 cm³/mol. The Bertz CT molecular complexity index is 370. The van der Waals surface area contributed by atoms with Gasteiger partial charge in [0.2, 0.25) is 0 Å². The summed E-state index contributed by atoms with van der Waals surface area (Å²) in [6, 6.07) is 0.848. The molecule has 0 spiro atoms. The number of halogens is 1. The number of nitrogens with two attached hydrogens (primary N) is 1. The van der Waals surface area contributed by atoms with Gasteiger partial charge in [0.25, 0.3) is 0 Å². The molecule has 0 bridgehead atoms. The summed E-state index contributed by atoms with van der Waals surface area (Å²) in [7, 11) is 1.45. The molecule has 0 aliphatic heterocycles. The Balaban J connectivity index is 2.97. The van der Waals surface area contributed by atoms with Crippen LogP contribution in [0.3, 0.4) is 0 Å². The van der Waals surface area contributed by atoms with Crippen molar-refractivity contribution in [3.05, 3.63) is 23.0 Å². The number of aliphatic carboxylic acids is 1. The van der Waals surface area contributed by atoms with Crippen LogP contribution in [0.2, 0.25) is 5.02 Å². The van der Waals surface area contributed by atoms with Gasteiger partial charge in [0.05, 0.1) is 30.3 Å². The van der Waals surface area contributed by atoms with Crippen LogP contribution < -0.4 is 10.5 Å². The van der Waals surface area contributed by atoms with E-state index in [0.29, 0.717) is 16.5 Å². The smallest absolute Gasteiger partial charge is 0.305 e. The maximum atomic E-state index is 10.5. The fraction of sp³-hybridized carbons (Fsp3) is 0.333. The molecule has 1 heterocycles. The first kappa shape index (κ1) is 11.7. The van der Waals surface area contributed by atoms with Crippen LogP contribution in [0.25, 0.3) is 0 Å². The van der Waals surface area contributed by atoms with Gasteiger partial charge in [0.15, 0.2) is 0 Å². The van der Waals surface area contributed by atoms with Crippen molar-refractivity contribution in [1.29, 1.82) is 0 Å². The molecule has 0 saturated carbocycles. The first-order valence-corrected chi connectivity index (χ1v) is 4.59. The molecule has 82 valence electrons. The normalized spacial score (nSPS) is 12.2. The Hall–Kier alpha value is -1.33. The average molecular weight is 231 g/mol. The molecule has 1 rings (SSSR count). The first-order chi connectivity index (χ1) is 7.04. The van der Waals surface area contributed by atoms with E-state index in [-0.39, 0.29) is 6.42 Å². The monoisotopic (exact) mass is 230 g/mol. The summed E-state index contributed by atoms with van der Waals surface area (Å²) in [6.45, 7) is 0. The van der Waals surface area contributed by atoms with Crippen LogP contribution in [0.15, 0.2) is 12.3 Å². The summed E-state index contributed by atoms with van der Waals surface area (Å²) >= 11 is 5.71. The van der Waals surface area contributed by atoms with Gasteiger partial charge in [-0.15, -0.1) is 0 Å². The van der Waals surface area contributed by atoms with E-state index in [1.165, 1.54) is 13.3 Å². The number of aromatic nitrogens is 1. The highest BCUT2D eigenvalue weighted by Gasteiger charge is 2.16. The molecule has 3 N–H and O–H groups in total. The topological polar surface area (TPSA) is 85.4 Å². The molecule has 0 aliphatic rings. The van der Waals surface area contributed by atoms with Crippen molar-refractivity contribution in [3.8, 4) is 5.75 Å². The number of nitrogens with zero attached hydrogens (tertiary/aromatic N) is 1. The molecule has 0 radical (unpaired) electrons. The van der Waals surface area contributed by atoms with E-state index >= 15 is 0 Å². The quantitative estimate of drug-likeness (QED) is 0.812. The Morgan fingerprint density at radius 2 is 2.47 bits per heavy atom. The van der Waals surface area contributed by atoms with Crippen molar-refractivity contribution in [2.24, 2.45) is 5.73 Å². The molecule has 15 heavy (non-hydrogen) atoms. The van der Waals surface area contributed by atoms with E-state index in [2.05, 4.69) is 4.98 Å². The van der Waals surface area contributed by atoms with Gasteiger partial charge in [-0.2, -0.15) is 0 Å². The molecule has 1 unspecified atom stereocenters. The van der Waals surface area contributed by atoms with E-state index in [0.717, 1.165) is 0 Å². The van der Waals surface area contributed by atoms with Crippen molar-refractivity contribution in [2.75, 3.05) is 7.11 Å². The number of hydrogen-bond donors (Lipinski definition) is 2. The average Bonchev–Trinajstić information content (AvgIpc) is 2.16. The highest BCUT2D eigenvalue weighted by molar-refractivity contribution is 6.30. The highest BCUT2D eigenvalue weighted by Crippen LogP contribution is 2.26. The van der Waals surface area contributed by atoms with Crippen LogP contribution in [-0.2, 0) is 4.79 Å². The minimum absolute atomic E-state index is 0.203. The van der Waals surface area contributed by atoms with Crippen molar-refractivity contribution in [1.82, 2.24) is 4.98 Å². The molecular weight excluding hydrogens is 220 g/mol. The van der Waals surface area contributed by atoms with Gasteiger partial charge in [0.1, 0.15) is 5.75 Å². The molecule has 1 aromatic rings. The number of carboxylic acid groups (broad SMARTS) is 1. The Labute approximate surface area is 91.8 Å². The van der Waals surface area contributed by atoms with Gasteiger partial charge in [-0.05, 0) is 0 Å². The zero-order valence-electron chi connectivity index (χ0n) is 8.11. The summed E-state index contributed by atoms with van der Waals surface area (Å²) in [5, 5.41) is 9.00. The molecule has 5 nitrogen and oxygen atoms in total.